The molecule has 0 fully saturated rings. The van der Waals surface area contributed by atoms with Gasteiger partial charge in [0.05, 0.1) is 18.2 Å². The number of halogens is 1. The quantitative estimate of drug-likeness (QED) is 0.626. The summed E-state index contributed by atoms with van der Waals surface area (Å²) in [5, 5.41) is 0. The highest BCUT2D eigenvalue weighted by Gasteiger charge is 2.15. The van der Waals surface area contributed by atoms with Gasteiger partial charge in [-0.05, 0) is 35.7 Å². The molecular formula is C18H17FO3. The van der Waals surface area contributed by atoms with E-state index in [1.807, 2.05) is 6.92 Å². The van der Waals surface area contributed by atoms with E-state index >= 15 is 0 Å². The number of carbonyl (C=O) groups is 2. The summed E-state index contributed by atoms with van der Waals surface area (Å²) in [6.07, 6.45) is 0.738. The normalized spacial score (nSPS) is 10.3. The molecule has 0 heterocycles. The Morgan fingerprint density at radius 2 is 1.82 bits per heavy atom. The summed E-state index contributed by atoms with van der Waals surface area (Å²) in [6.45, 7) is 1.92. The first-order chi connectivity index (χ1) is 10.6. The van der Waals surface area contributed by atoms with Gasteiger partial charge >= 0.3 is 5.97 Å². The van der Waals surface area contributed by atoms with E-state index in [1.54, 1.807) is 30.3 Å². The van der Waals surface area contributed by atoms with Gasteiger partial charge in [0, 0.05) is 6.42 Å². The van der Waals surface area contributed by atoms with Crippen molar-refractivity contribution in [3.05, 3.63) is 70.5 Å². The minimum Gasteiger partial charge on any atom is -0.465 e. The zero-order valence-electron chi connectivity index (χ0n) is 12.6. The maximum absolute atomic E-state index is 13.6. The van der Waals surface area contributed by atoms with Gasteiger partial charge in [0.15, 0.2) is 5.78 Å². The van der Waals surface area contributed by atoms with Gasteiger partial charge in [-0.1, -0.05) is 31.2 Å². The molecule has 114 valence electrons. The zero-order valence-corrected chi connectivity index (χ0v) is 12.6. The Bertz CT molecular complexity index is 707. The van der Waals surface area contributed by atoms with Crippen molar-refractivity contribution in [2.45, 2.75) is 19.8 Å². The van der Waals surface area contributed by atoms with Crippen LogP contribution in [-0.4, -0.2) is 18.9 Å². The summed E-state index contributed by atoms with van der Waals surface area (Å²) in [7, 11) is 1.33. The number of carbonyl (C=O) groups excluding carboxylic acids is 2. The fourth-order valence-electron chi connectivity index (χ4n) is 2.33. The van der Waals surface area contributed by atoms with Crippen LogP contribution in [0.15, 0.2) is 42.5 Å². The molecule has 0 radical (unpaired) electrons. The van der Waals surface area contributed by atoms with Crippen LogP contribution in [-0.2, 0) is 17.6 Å². The Labute approximate surface area is 128 Å². The highest BCUT2D eigenvalue weighted by Crippen LogP contribution is 2.17. The van der Waals surface area contributed by atoms with Crippen molar-refractivity contribution in [1.29, 1.82) is 0 Å². The van der Waals surface area contributed by atoms with Gasteiger partial charge in [0.2, 0.25) is 0 Å². The van der Waals surface area contributed by atoms with E-state index in [4.69, 9.17) is 4.74 Å². The summed E-state index contributed by atoms with van der Waals surface area (Å²) >= 11 is 0. The van der Waals surface area contributed by atoms with E-state index in [-0.39, 0.29) is 17.8 Å². The second kappa shape index (κ2) is 6.98. The van der Waals surface area contributed by atoms with Crippen molar-refractivity contribution in [2.75, 3.05) is 7.11 Å². The molecule has 2 aromatic carbocycles. The Morgan fingerprint density at radius 1 is 1.09 bits per heavy atom. The molecule has 0 atom stereocenters. The fraction of sp³-hybridized carbons (Fsp3) is 0.222. The number of benzene rings is 2. The Kier molecular flexibility index (Phi) is 5.04. The third-order valence-electron chi connectivity index (χ3n) is 3.49. The van der Waals surface area contributed by atoms with Gasteiger partial charge in [0.1, 0.15) is 5.82 Å². The number of esters is 1. The van der Waals surface area contributed by atoms with Crippen LogP contribution in [0.1, 0.15) is 38.8 Å². The lowest BCUT2D eigenvalue weighted by atomic mass is 9.97. The number of methoxy groups -OCH3 is 1. The first-order valence-corrected chi connectivity index (χ1v) is 7.04. The van der Waals surface area contributed by atoms with Crippen molar-refractivity contribution in [2.24, 2.45) is 0 Å². The van der Waals surface area contributed by atoms with E-state index in [9.17, 15) is 14.0 Å². The maximum Gasteiger partial charge on any atom is 0.338 e. The topological polar surface area (TPSA) is 43.4 Å². The van der Waals surface area contributed by atoms with E-state index in [1.165, 1.54) is 19.2 Å². The zero-order chi connectivity index (χ0) is 16.1. The average molecular weight is 300 g/mol. The minimum absolute atomic E-state index is 0.0811. The van der Waals surface area contributed by atoms with Gasteiger partial charge < -0.3 is 4.74 Å². The molecule has 4 heteroatoms. The predicted molar refractivity (Wildman–Crippen MR) is 81.6 cm³/mol. The van der Waals surface area contributed by atoms with E-state index in [2.05, 4.69) is 0 Å². The lowest BCUT2D eigenvalue weighted by Gasteiger charge is -2.09. The predicted octanol–water partition coefficient (Wildman–Crippen LogP) is 3.60. The molecule has 0 aromatic heterocycles. The Hall–Kier alpha value is -2.49. The van der Waals surface area contributed by atoms with Crippen molar-refractivity contribution in [3.8, 4) is 0 Å². The molecule has 0 spiro atoms. The summed E-state index contributed by atoms with van der Waals surface area (Å²) in [5.41, 5.74) is 2.13. The number of rotatable bonds is 5. The highest BCUT2D eigenvalue weighted by atomic mass is 19.1. The molecule has 22 heavy (non-hydrogen) atoms. The van der Waals surface area contributed by atoms with Crippen LogP contribution in [0.25, 0.3) is 0 Å². The van der Waals surface area contributed by atoms with Crippen LogP contribution in [0.3, 0.4) is 0 Å². The molecule has 3 nitrogen and oxygen atoms in total. The maximum atomic E-state index is 13.6. The molecule has 0 aliphatic carbocycles. The fourth-order valence-corrected chi connectivity index (χ4v) is 2.33. The molecule has 2 aromatic rings. The third-order valence-corrected chi connectivity index (χ3v) is 3.49. The van der Waals surface area contributed by atoms with Crippen LogP contribution >= 0.6 is 0 Å². The number of Topliss-reactive ketones (excluding diaryl/α,β-unsaturated/α-hetero) is 1. The first kappa shape index (κ1) is 15.9. The van der Waals surface area contributed by atoms with E-state index in [0.717, 1.165) is 11.1 Å². The lowest BCUT2D eigenvalue weighted by molar-refractivity contribution is 0.0599. The van der Waals surface area contributed by atoms with Gasteiger partial charge in [0.25, 0.3) is 0 Å². The summed E-state index contributed by atoms with van der Waals surface area (Å²) in [4.78, 5) is 23.8. The van der Waals surface area contributed by atoms with E-state index < -0.39 is 11.8 Å². The van der Waals surface area contributed by atoms with Crippen LogP contribution < -0.4 is 0 Å². The second-order valence-electron chi connectivity index (χ2n) is 4.92. The van der Waals surface area contributed by atoms with Crippen molar-refractivity contribution >= 4 is 11.8 Å². The van der Waals surface area contributed by atoms with Crippen LogP contribution in [0, 0.1) is 5.82 Å². The molecule has 0 amide bonds. The SMILES string of the molecule is CCc1cc(CC(=O)c2ccccc2F)ccc1C(=O)OC. The van der Waals surface area contributed by atoms with Crippen molar-refractivity contribution < 1.29 is 18.7 Å². The highest BCUT2D eigenvalue weighted by molar-refractivity contribution is 5.98. The van der Waals surface area contributed by atoms with Gasteiger partial charge in [-0.3, -0.25) is 4.79 Å². The van der Waals surface area contributed by atoms with Gasteiger partial charge in [-0.15, -0.1) is 0 Å². The number of hydrogen-bond donors (Lipinski definition) is 0. The van der Waals surface area contributed by atoms with Gasteiger partial charge in [-0.2, -0.15) is 0 Å². The molecule has 0 saturated heterocycles. The Balaban J connectivity index is 2.25. The lowest BCUT2D eigenvalue weighted by Crippen LogP contribution is -2.09. The standard InChI is InChI=1S/C18H17FO3/c1-3-13-10-12(8-9-14(13)18(21)22-2)11-17(20)15-6-4-5-7-16(15)19/h4-10H,3,11H2,1-2H3. The summed E-state index contributed by atoms with van der Waals surface area (Å²) in [6, 6.07) is 11.1. The second-order valence-corrected chi connectivity index (χ2v) is 4.92. The number of aryl methyl sites for hydroxylation is 1. The molecule has 0 aliphatic heterocycles. The summed E-state index contributed by atoms with van der Waals surface area (Å²) < 4.78 is 18.4. The Morgan fingerprint density at radius 3 is 2.45 bits per heavy atom. The third kappa shape index (κ3) is 3.39. The number of ketones is 1. The average Bonchev–Trinajstić information content (AvgIpc) is 2.54. The van der Waals surface area contributed by atoms with Crippen LogP contribution in [0.5, 0.6) is 0 Å². The first-order valence-electron chi connectivity index (χ1n) is 7.04. The van der Waals surface area contributed by atoms with Gasteiger partial charge in [-0.25, -0.2) is 9.18 Å². The summed E-state index contributed by atoms with van der Waals surface area (Å²) in [5.74, 6) is -1.20. The molecular weight excluding hydrogens is 283 g/mol. The smallest absolute Gasteiger partial charge is 0.338 e. The monoisotopic (exact) mass is 300 g/mol. The molecule has 2 rings (SSSR count). The molecule has 0 N–H and O–H groups in total. The van der Waals surface area contributed by atoms with Crippen LogP contribution in [0.4, 0.5) is 4.39 Å². The minimum atomic E-state index is -0.519. The van der Waals surface area contributed by atoms with Crippen molar-refractivity contribution in [3.63, 3.8) is 0 Å². The van der Waals surface area contributed by atoms with Crippen molar-refractivity contribution in [1.82, 2.24) is 0 Å². The molecule has 0 unspecified atom stereocenters. The van der Waals surface area contributed by atoms with Crippen LogP contribution in [0.2, 0.25) is 0 Å². The van der Waals surface area contributed by atoms with E-state index in [0.29, 0.717) is 12.0 Å². The number of ether oxygens (including phenoxy) is 1. The molecule has 0 saturated carbocycles. The number of hydrogen-bond acceptors (Lipinski definition) is 3. The molecule has 0 bridgehead atoms. The molecule has 0 aliphatic rings. The largest absolute Gasteiger partial charge is 0.465 e.